The Labute approximate surface area is 76.4 Å². The van der Waals surface area contributed by atoms with Crippen molar-refractivity contribution in [2.45, 2.75) is 18.4 Å². The van der Waals surface area contributed by atoms with Crippen molar-refractivity contribution >= 4 is 0 Å². The van der Waals surface area contributed by atoms with E-state index in [0.29, 0.717) is 0 Å². The Hall–Kier alpha value is -1.09. The maximum absolute atomic E-state index is 13.0. The smallest absolute Gasteiger partial charge is 0.165 e. The summed E-state index contributed by atoms with van der Waals surface area (Å²) in [6.45, 7) is 0. The molecular formula is C10H12FNO. The molecule has 70 valence electrons. The first-order chi connectivity index (χ1) is 6.18. The number of hydrogen-bond acceptors (Lipinski definition) is 2. The van der Waals surface area contributed by atoms with E-state index in [0.717, 1.165) is 18.4 Å². The molecule has 2 nitrogen and oxygen atoms in total. The summed E-state index contributed by atoms with van der Waals surface area (Å²) in [4.78, 5) is 0. The van der Waals surface area contributed by atoms with Gasteiger partial charge in [0.05, 0.1) is 0 Å². The molecule has 0 spiro atoms. The summed E-state index contributed by atoms with van der Waals surface area (Å²) in [5, 5.41) is 12.2. The highest BCUT2D eigenvalue weighted by Gasteiger charge is 2.42. The van der Waals surface area contributed by atoms with Crippen LogP contribution in [-0.2, 0) is 5.54 Å². The molecule has 1 aliphatic rings. The van der Waals surface area contributed by atoms with Crippen LogP contribution in [0.1, 0.15) is 18.4 Å². The summed E-state index contributed by atoms with van der Waals surface area (Å²) in [5.74, 6) is -0.824. The zero-order valence-electron chi connectivity index (χ0n) is 7.47. The van der Waals surface area contributed by atoms with Gasteiger partial charge in [0.25, 0.3) is 0 Å². The van der Waals surface area contributed by atoms with Gasteiger partial charge < -0.3 is 10.4 Å². The van der Waals surface area contributed by atoms with Crippen LogP contribution in [-0.4, -0.2) is 12.2 Å². The average Bonchev–Trinajstić information content (AvgIpc) is 2.90. The Morgan fingerprint density at radius 3 is 2.62 bits per heavy atom. The second-order valence-electron chi connectivity index (χ2n) is 3.50. The van der Waals surface area contributed by atoms with Crippen molar-refractivity contribution in [3.05, 3.63) is 29.6 Å². The molecule has 1 aromatic rings. The lowest BCUT2D eigenvalue weighted by atomic mass is 10.0. The fraction of sp³-hybridized carbons (Fsp3) is 0.400. The van der Waals surface area contributed by atoms with Gasteiger partial charge in [-0.2, -0.15) is 0 Å². The van der Waals surface area contributed by atoms with Crippen LogP contribution < -0.4 is 5.32 Å². The monoisotopic (exact) mass is 181 g/mol. The van der Waals surface area contributed by atoms with Crippen molar-refractivity contribution in [3.8, 4) is 5.75 Å². The number of halogens is 1. The fourth-order valence-corrected chi connectivity index (χ4v) is 1.61. The molecule has 0 bridgehead atoms. The molecule has 13 heavy (non-hydrogen) atoms. The van der Waals surface area contributed by atoms with E-state index in [-0.39, 0.29) is 11.3 Å². The quantitative estimate of drug-likeness (QED) is 0.728. The van der Waals surface area contributed by atoms with Crippen LogP contribution >= 0.6 is 0 Å². The molecular weight excluding hydrogens is 169 g/mol. The zero-order chi connectivity index (χ0) is 9.47. The van der Waals surface area contributed by atoms with Crippen molar-refractivity contribution in [3.63, 3.8) is 0 Å². The number of rotatable bonds is 2. The average molecular weight is 181 g/mol. The molecule has 0 aliphatic heterocycles. The normalized spacial score (nSPS) is 18.6. The maximum atomic E-state index is 13.0. The number of phenols is 1. The van der Waals surface area contributed by atoms with Crippen molar-refractivity contribution in [1.82, 2.24) is 5.32 Å². The Kier molecular flexibility index (Phi) is 1.77. The standard InChI is InChI=1S/C10H12FNO/c1-12-10(4-5-10)7-2-3-9(13)8(11)6-7/h2-3,6,12-13H,4-5H2,1H3. The van der Waals surface area contributed by atoms with Gasteiger partial charge in [-0.15, -0.1) is 0 Å². The number of aromatic hydroxyl groups is 1. The van der Waals surface area contributed by atoms with Crippen LogP contribution in [0.5, 0.6) is 5.75 Å². The highest BCUT2D eigenvalue weighted by Crippen LogP contribution is 2.45. The lowest BCUT2D eigenvalue weighted by Crippen LogP contribution is -2.24. The predicted octanol–water partition coefficient (Wildman–Crippen LogP) is 1.74. The molecule has 1 saturated carbocycles. The Bertz CT molecular complexity index is 334. The van der Waals surface area contributed by atoms with Crippen molar-refractivity contribution in [1.29, 1.82) is 0 Å². The van der Waals surface area contributed by atoms with Gasteiger partial charge in [0.2, 0.25) is 0 Å². The fourth-order valence-electron chi connectivity index (χ4n) is 1.61. The molecule has 0 saturated heterocycles. The van der Waals surface area contributed by atoms with Gasteiger partial charge in [0.15, 0.2) is 11.6 Å². The van der Waals surface area contributed by atoms with Gasteiger partial charge in [0, 0.05) is 5.54 Å². The van der Waals surface area contributed by atoms with Crippen LogP contribution in [0.3, 0.4) is 0 Å². The summed E-state index contributed by atoms with van der Waals surface area (Å²) in [5.41, 5.74) is 0.888. The van der Waals surface area contributed by atoms with E-state index in [4.69, 9.17) is 5.11 Å². The zero-order valence-corrected chi connectivity index (χ0v) is 7.47. The number of benzene rings is 1. The first-order valence-corrected chi connectivity index (χ1v) is 4.36. The highest BCUT2D eigenvalue weighted by molar-refractivity contribution is 5.35. The van der Waals surface area contributed by atoms with Gasteiger partial charge in [-0.1, -0.05) is 6.07 Å². The van der Waals surface area contributed by atoms with Crippen molar-refractivity contribution in [2.75, 3.05) is 7.05 Å². The van der Waals surface area contributed by atoms with Crippen LogP contribution in [0.4, 0.5) is 4.39 Å². The summed E-state index contributed by atoms with van der Waals surface area (Å²) in [6.07, 6.45) is 2.07. The van der Waals surface area contributed by atoms with E-state index < -0.39 is 5.82 Å². The van der Waals surface area contributed by atoms with E-state index in [1.165, 1.54) is 12.1 Å². The summed E-state index contributed by atoms with van der Waals surface area (Å²) in [7, 11) is 1.87. The molecule has 1 aliphatic carbocycles. The van der Waals surface area contributed by atoms with E-state index >= 15 is 0 Å². The lowest BCUT2D eigenvalue weighted by Gasteiger charge is -2.14. The SMILES string of the molecule is CNC1(c2ccc(O)c(F)c2)CC1. The summed E-state index contributed by atoms with van der Waals surface area (Å²) >= 11 is 0. The first-order valence-electron chi connectivity index (χ1n) is 4.36. The van der Waals surface area contributed by atoms with Gasteiger partial charge in [-0.3, -0.25) is 0 Å². The van der Waals surface area contributed by atoms with E-state index in [9.17, 15) is 4.39 Å². The van der Waals surface area contributed by atoms with Crippen LogP contribution in [0.15, 0.2) is 18.2 Å². The largest absolute Gasteiger partial charge is 0.505 e. The molecule has 0 heterocycles. The van der Waals surface area contributed by atoms with Gasteiger partial charge in [-0.25, -0.2) is 4.39 Å². The molecule has 2 rings (SSSR count). The van der Waals surface area contributed by atoms with Crippen molar-refractivity contribution in [2.24, 2.45) is 0 Å². The first kappa shape index (κ1) is 8.51. The Balaban J connectivity index is 2.37. The second kappa shape index (κ2) is 2.70. The molecule has 0 unspecified atom stereocenters. The molecule has 3 heteroatoms. The third kappa shape index (κ3) is 1.29. The summed E-state index contributed by atoms with van der Waals surface area (Å²) < 4.78 is 13.0. The second-order valence-corrected chi connectivity index (χ2v) is 3.50. The van der Waals surface area contributed by atoms with Crippen molar-refractivity contribution < 1.29 is 9.50 Å². The third-order valence-electron chi connectivity index (χ3n) is 2.73. The highest BCUT2D eigenvalue weighted by atomic mass is 19.1. The van der Waals surface area contributed by atoms with Gasteiger partial charge in [0.1, 0.15) is 0 Å². The molecule has 1 fully saturated rings. The Morgan fingerprint density at radius 1 is 1.46 bits per heavy atom. The molecule has 0 aromatic heterocycles. The van der Waals surface area contributed by atoms with E-state index in [1.54, 1.807) is 6.07 Å². The minimum absolute atomic E-state index is 0.0332. The van der Waals surface area contributed by atoms with Gasteiger partial charge in [-0.05, 0) is 37.6 Å². The predicted molar refractivity (Wildman–Crippen MR) is 48.0 cm³/mol. The number of hydrogen-bond donors (Lipinski definition) is 2. The topological polar surface area (TPSA) is 32.3 Å². The van der Waals surface area contributed by atoms with Crippen LogP contribution in [0.25, 0.3) is 0 Å². The van der Waals surface area contributed by atoms with Crippen LogP contribution in [0, 0.1) is 5.82 Å². The molecule has 0 atom stereocenters. The number of phenolic OH excluding ortho intramolecular Hbond substituents is 1. The molecule has 2 N–H and O–H groups in total. The molecule has 0 radical (unpaired) electrons. The number of nitrogens with one attached hydrogen (secondary N) is 1. The Morgan fingerprint density at radius 2 is 2.15 bits per heavy atom. The van der Waals surface area contributed by atoms with Gasteiger partial charge >= 0.3 is 0 Å². The molecule has 1 aromatic carbocycles. The lowest BCUT2D eigenvalue weighted by molar-refractivity contribution is 0.430. The van der Waals surface area contributed by atoms with E-state index in [2.05, 4.69) is 5.32 Å². The maximum Gasteiger partial charge on any atom is 0.165 e. The summed E-state index contributed by atoms with van der Waals surface area (Å²) in [6, 6.07) is 4.57. The third-order valence-corrected chi connectivity index (χ3v) is 2.73. The molecule has 0 amide bonds. The van der Waals surface area contributed by atoms with E-state index in [1.807, 2.05) is 7.05 Å². The minimum atomic E-state index is -0.543. The minimum Gasteiger partial charge on any atom is -0.505 e. The van der Waals surface area contributed by atoms with Crippen LogP contribution in [0.2, 0.25) is 0 Å².